The number of benzene rings is 4. The van der Waals surface area contributed by atoms with Crippen LogP contribution >= 0.6 is 11.6 Å². The molecule has 0 aliphatic carbocycles. The van der Waals surface area contributed by atoms with Gasteiger partial charge >= 0.3 is 12.2 Å². The van der Waals surface area contributed by atoms with Crippen LogP contribution in [0, 0.1) is 0 Å². The maximum atomic E-state index is 13.3. The first-order valence-corrected chi connectivity index (χ1v) is 13.4. The number of hydrogen-bond acceptors (Lipinski definition) is 7. The summed E-state index contributed by atoms with van der Waals surface area (Å²) in [5, 5.41) is 5.80. The maximum absolute atomic E-state index is 13.3. The molecule has 4 rings (SSSR count). The van der Waals surface area contributed by atoms with Crippen molar-refractivity contribution in [3.8, 4) is 11.5 Å². The molecule has 4 aromatic carbocycles. The molecule has 216 valence electrons. The minimum absolute atomic E-state index is 0.0372. The fourth-order valence-electron chi connectivity index (χ4n) is 3.89. The second-order valence-electron chi connectivity index (χ2n) is 9.07. The van der Waals surface area contributed by atoms with Crippen molar-refractivity contribution in [2.24, 2.45) is 0 Å². The van der Waals surface area contributed by atoms with Crippen LogP contribution in [-0.2, 0) is 33.9 Å². The topological polar surface area (TPSA) is 112 Å². The Balaban J connectivity index is 1.41. The zero-order valence-corrected chi connectivity index (χ0v) is 23.5. The van der Waals surface area contributed by atoms with Gasteiger partial charge in [-0.1, -0.05) is 84.4 Å². The molecule has 0 heterocycles. The van der Waals surface area contributed by atoms with E-state index in [1.165, 1.54) is 7.11 Å². The molecule has 42 heavy (non-hydrogen) atoms. The Morgan fingerprint density at radius 2 is 1.38 bits per heavy atom. The van der Waals surface area contributed by atoms with Gasteiger partial charge in [-0.25, -0.2) is 9.59 Å². The first kappa shape index (κ1) is 30.0. The summed E-state index contributed by atoms with van der Waals surface area (Å²) in [7, 11) is 1.47. The van der Waals surface area contributed by atoms with Gasteiger partial charge in [0.15, 0.2) is 0 Å². The molecule has 0 aromatic heterocycles. The molecule has 1 atom stereocenters. The van der Waals surface area contributed by atoms with Crippen LogP contribution < -0.4 is 20.1 Å². The fourth-order valence-corrected chi connectivity index (χ4v) is 4.06. The Hall–Kier alpha value is -5.02. The summed E-state index contributed by atoms with van der Waals surface area (Å²) in [5.41, 5.74) is 2.66. The molecule has 0 bridgehead atoms. The van der Waals surface area contributed by atoms with Crippen molar-refractivity contribution in [1.29, 1.82) is 0 Å². The lowest BCUT2D eigenvalue weighted by Gasteiger charge is -2.20. The number of rotatable bonds is 11. The van der Waals surface area contributed by atoms with E-state index in [4.69, 9.17) is 30.5 Å². The Morgan fingerprint density at radius 1 is 0.762 bits per heavy atom. The third-order valence-corrected chi connectivity index (χ3v) is 6.24. The molecule has 0 radical (unpaired) electrons. The van der Waals surface area contributed by atoms with E-state index in [1.54, 1.807) is 42.5 Å². The molecule has 0 aliphatic heterocycles. The van der Waals surface area contributed by atoms with E-state index in [0.29, 0.717) is 22.0 Å². The van der Waals surface area contributed by atoms with Crippen molar-refractivity contribution in [2.45, 2.75) is 25.7 Å². The SMILES string of the molecule is COc1ccc(Cl)cc1NC(=O)[C@@H](Cc1ccc(OC(=O)OCc2ccccc2)cc1)NC(=O)OCc1ccccc1. The number of anilines is 1. The predicted molar refractivity (Wildman–Crippen MR) is 158 cm³/mol. The number of carbonyl (C=O) groups is 3. The molecule has 0 spiro atoms. The average molecular weight is 589 g/mol. The highest BCUT2D eigenvalue weighted by Crippen LogP contribution is 2.28. The molecule has 0 saturated heterocycles. The lowest BCUT2D eigenvalue weighted by Crippen LogP contribution is -2.45. The quantitative estimate of drug-likeness (QED) is 0.151. The summed E-state index contributed by atoms with van der Waals surface area (Å²) < 4.78 is 21.0. The zero-order chi connectivity index (χ0) is 29.7. The monoisotopic (exact) mass is 588 g/mol. The van der Waals surface area contributed by atoms with Gasteiger partial charge in [0.05, 0.1) is 12.8 Å². The molecule has 0 aliphatic rings. The molecule has 0 unspecified atom stereocenters. The highest BCUT2D eigenvalue weighted by Gasteiger charge is 2.24. The lowest BCUT2D eigenvalue weighted by molar-refractivity contribution is -0.118. The van der Waals surface area contributed by atoms with Crippen LogP contribution in [0.4, 0.5) is 15.3 Å². The Morgan fingerprint density at radius 3 is 2.00 bits per heavy atom. The van der Waals surface area contributed by atoms with Crippen LogP contribution in [0.1, 0.15) is 16.7 Å². The third kappa shape index (κ3) is 9.28. The summed E-state index contributed by atoms with van der Waals surface area (Å²) in [6, 6.07) is 28.7. The van der Waals surface area contributed by atoms with Gasteiger partial charge in [-0.3, -0.25) is 4.79 Å². The summed E-state index contributed by atoms with van der Waals surface area (Å²) in [6.45, 7) is 0.119. The summed E-state index contributed by atoms with van der Waals surface area (Å²) >= 11 is 6.11. The molecule has 2 amide bonds. The second-order valence-corrected chi connectivity index (χ2v) is 9.50. The summed E-state index contributed by atoms with van der Waals surface area (Å²) in [4.78, 5) is 38.1. The average Bonchev–Trinajstić information content (AvgIpc) is 3.01. The number of halogens is 1. The van der Waals surface area contributed by atoms with Crippen molar-refractivity contribution < 1.29 is 33.3 Å². The second kappa shape index (κ2) is 15.1. The van der Waals surface area contributed by atoms with E-state index in [-0.39, 0.29) is 25.4 Å². The van der Waals surface area contributed by atoms with Gasteiger partial charge in [-0.2, -0.15) is 0 Å². The van der Waals surface area contributed by atoms with E-state index in [2.05, 4.69) is 10.6 Å². The molecular weight excluding hydrogens is 560 g/mol. The normalized spacial score (nSPS) is 11.1. The number of carbonyl (C=O) groups excluding carboxylic acids is 3. The molecule has 4 aromatic rings. The minimum atomic E-state index is -1.03. The van der Waals surface area contributed by atoms with Gasteiger partial charge in [-0.05, 0) is 47.0 Å². The largest absolute Gasteiger partial charge is 0.514 e. The zero-order valence-electron chi connectivity index (χ0n) is 22.7. The number of amides is 2. The van der Waals surface area contributed by atoms with Crippen LogP contribution in [0.15, 0.2) is 103 Å². The number of hydrogen-bond donors (Lipinski definition) is 2. The maximum Gasteiger partial charge on any atom is 0.514 e. The summed E-state index contributed by atoms with van der Waals surface area (Å²) in [6.07, 6.45) is -1.51. The molecule has 0 saturated carbocycles. The van der Waals surface area contributed by atoms with Gasteiger partial charge in [0, 0.05) is 11.4 Å². The van der Waals surface area contributed by atoms with E-state index in [1.807, 2.05) is 60.7 Å². The predicted octanol–water partition coefficient (Wildman–Crippen LogP) is 6.54. The minimum Gasteiger partial charge on any atom is -0.495 e. The van der Waals surface area contributed by atoms with Gasteiger partial charge in [-0.15, -0.1) is 0 Å². The van der Waals surface area contributed by atoms with Crippen molar-refractivity contribution in [3.05, 3.63) is 125 Å². The first-order valence-electron chi connectivity index (χ1n) is 13.0. The van der Waals surface area contributed by atoms with Crippen LogP contribution in [0.2, 0.25) is 5.02 Å². The van der Waals surface area contributed by atoms with Crippen molar-refractivity contribution >= 4 is 35.4 Å². The van der Waals surface area contributed by atoms with Gasteiger partial charge in [0.2, 0.25) is 5.91 Å². The molecule has 9 nitrogen and oxygen atoms in total. The van der Waals surface area contributed by atoms with Crippen LogP contribution in [0.5, 0.6) is 11.5 Å². The summed E-state index contributed by atoms with van der Waals surface area (Å²) in [5.74, 6) is 0.146. The van der Waals surface area contributed by atoms with Crippen molar-refractivity contribution in [3.63, 3.8) is 0 Å². The molecular formula is C32H29ClN2O7. The smallest absolute Gasteiger partial charge is 0.495 e. The number of ether oxygens (including phenoxy) is 4. The van der Waals surface area contributed by atoms with E-state index < -0.39 is 24.2 Å². The fraction of sp³-hybridized carbons (Fsp3) is 0.156. The lowest BCUT2D eigenvalue weighted by atomic mass is 10.0. The van der Waals surface area contributed by atoms with E-state index in [0.717, 1.165) is 11.1 Å². The first-order chi connectivity index (χ1) is 20.4. The highest BCUT2D eigenvalue weighted by atomic mass is 35.5. The van der Waals surface area contributed by atoms with Gasteiger partial charge in [0.25, 0.3) is 0 Å². The van der Waals surface area contributed by atoms with Crippen LogP contribution in [0.3, 0.4) is 0 Å². The molecule has 10 heteroatoms. The number of alkyl carbamates (subject to hydrolysis) is 1. The third-order valence-electron chi connectivity index (χ3n) is 6.00. The number of methoxy groups -OCH3 is 1. The van der Waals surface area contributed by atoms with Crippen LogP contribution in [-0.4, -0.2) is 31.3 Å². The van der Waals surface area contributed by atoms with Gasteiger partial charge in [0.1, 0.15) is 30.8 Å². The Bertz CT molecular complexity index is 1480. The standard InChI is InChI=1S/C32H29ClN2O7/c1-39-29-17-14-25(33)19-27(29)34-30(36)28(35-31(37)40-20-23-8-4-2-5-9-23)18-22-12-15-26(16-13-22)42-32(38)41-21-24-10-6-3-7-11-24/h2-17,19,28H,18,20-21H2,1H3,(H,34,36)(H,35,37)/t28-/m1/s1. The van der Waals surface area contributed by atoms with Gasteiger partial charge < -0.3 is 29.6 Å². The van der Waals surface area contributed by atoms with Crippen molar-refractivity contribution in [1.82, 2.24) is 5.32 Å². The Kier molecular flexibility index (Phi) is 10.8. The highest BCUT2D eigenvalue weighted by molar-refractivity contribution is 6.31. The Labute approximate surface area is 248 Å². The molecule has 2 N–H and O–H groups in total. The van der Waals surface area contributed by atoms with Crippen molar-refractivity contribution in [2.75, 3.05) is 12.4 Å². The van der Waals surface area contributed by atoms with Crippen LogP contribution in [0.25, 0.3) is 0 Å². The van der Waals surface area contributed by atoms with E-state index >= 15 is 0 Å². The molecule has 0 fully saturated rings. The number of nitrogens with one attached hydrogen (secondary N) is 2. The van der Waals surface area contributed by atoms with E-state index in [9.17, 15) is 14.4 Å².